The van der Waals surface area contributed by atoms with Gasteiger partial charge in [-0.1, -0.05) is 0 Å². The minimum Gasteiger partial charge on any atom is -0.492 e. The maximum Gasteiger partial charge on any atom is 0.419 e. The summed E-state index contributed by atoms with van der Waals surface area (Å²) >= 11 is 0. The number of amides is 5. The monoisotopic (exact) mass is 1050 g/mol. The number of likely N-dealkylation sites (N-methyl/N-ethyl adjacent to an activating group) is 2. The topological polar surface area (TPSA) is 226 Å². The Morgan fingerprint density at radius 1 is 0.689 bits per heavy atom. The third kappa shape index (κ3) is 13.3. The lowest BCUT2D eigenvalue weighted by molar-refractivity contribution is -0.128. The van der Waals surface area contributed by atoms with Crippen molar-refractivity contribution in [2.45, 2.75) is 76.5 Å². The predicted octanol–water partition coefficient (Wildman–Crippen LogP) is 7.91. The van der Waals surface area contributed by atoms with E-state index in [1.54, 1.807) is 37.7 Å². The van der Waals surface area contributed by atoms with E-state index in [0.29, 0.717) is 54.8 Å². The summed E-state index contributed by atoms with van der Waals surface area (Å²) in [4.78, 5) is 78.9. The van der Waals surface area contributed by atoms with Crippen LogP contribution in [0.4, 0.5) is 38.5 Å². The summed E-state index contributed by atoms with van der Waals surface area (Å²) in [6, 6.07) is 12.0. The number of likely N-dealkylation sites (tertiary alicyclic amines) is 2. The molecule has 5 heterocycles. The number of aryl methyl sites for hydroxylation is 2. The first kappa shape index (κ1) is 55.6. The first-order valence-electron chi connectivity index (χ1n) is 23.3. The zero-order valence-corrected chi connectivity index (χ0v) is 41.6. The number of aromatic nitrogens is 2. The van der Waals surface area contributed by atoms with Crippen LogP contribution in [0.5, 0.6) is 11.5 Å². The Labute approximate surface area is 429 Å². The summed E-state index contributed by atoms with van der Waals surface area (Å²) in [6.07, 6.45) is 6.25. The molecule has 4 aliphatic heterocycles. The highest BCUT2D eigenvalue weighted by Gasteiger charge is 2.34. The number of rotatable bonds is 9. The molecule has 74 heavy (non-hydrogen) atoms. The molecule has 5 amide bonds. The van der Waals surface area contributed by atoms with Crippen molar-refractivity contribution in [1.29, 1.82) is 0 Å². The van der Waals surface area contributed by atoms with Crippen LogP contribution >= 0.6 is 12.4 Å². The van der Waals surface area contributed by atoms with Gasteiger partial charge in [-0.3, -0.25) is 19.2 Å². The van der Waals surface area contributed by atoms with Crippen LogP contribution in [0, 0.1) is 37.1 Å². The molecule has 0 radical (unpaired) electrons. The van der Waals surface area contributed by atoms with Gasteiger partial charge in [0.05, 0.1) is 48.0 Å². The van der Waals surface area contributed by atoms with E-state index < -0.39 is 53.5 Å². The lowest BCUT2D eigenvalue weighted by Gasteiger charge is -2.28. The number of nitrogens with zero attached hydrogens (tertiary/aromatic N) is 4. The fourth-order valence-electron chi connectivity index (χ4n) is 8.41. The Kier molecular flexibility index (Phi) is 18.6. The highest BCUT2D eigenvalue weighted by Crippen LogP contribution is 2.38. The van der Waals surface area contributed by atoms with Crippen LogP contribution in [-0.2, 0) is 19.1 Å². The molecule has 2 saturated heterocycles. The van der Waals surface area contributed by atoms with E-state index in [2.05, 4.69) is 20.9 Å². The molecular formula is C51H55ClF4N8O10. The summed E-state index contributed by atoms with van der Waals surface area (Å²) in [7, 11) is 3.39. The standard InChI is InChI=1S/C24H25F2N3O5.C17H16F2N2O2.C10H13N3O3.ClH/c1-13-11-14(3-6-17(13)25)27-23(31)16-5-7-18(26)21-19(9-10-33-22(16)21)28-24(32)34-12-15-4-8-20(30)29(15)2;1-9-8-10(2-4-12(9)18)21-17(22)11-3-5-13(19)15-14(20)6-7-23-16(11)15;1-12-8(2-3-9(12)14)6-16-10(15)13-5-4-11-7-13;/h3,5-7,11,15,19H,4,8-10,12H2,1-2H3,(H,27,31)(H,28,32);2-5,8,14H,6-7,20H2,1H3,(H,21,22);4-5,7-8H,2-3,6H2,1H3;1H/t15-,19+;14-;8-;/m101./s1. The van der Waals surface area contributed by atoms with Gasteiger partial charge in [0.15, 0.2) is 0 Å². The molecule has 0 aliphatic carbocycles. The predicted molar refractivity (Wildman–Crippen MR) is 263 cm³/mol. The molecule has 4 atom stereocenters. The van der Waals surface area contributed by atoms with Gasteiger partial charge in [-0.25, -0.2) is 36.7 Å². The molecule has 5 N–H and O–H groups in total. The SMILES string of the molecule is CN1C(=O)CC[C@@H]1COC(=O)n1ccnc1.Cc1cc(NC(=O)c2ccc(F)c3c2OCC[C@@H]3N)ccc1F.Cc1cc(NC(=O)c2ccc(F)c3c2OCC[C@@H]3NC(=O)OC[C@H]2CCC(=O)N2C)ccc1F.Cl. The first-order chi connectivity index (χ1) is 34.9. The Morgan fingerprint density at radius 3 is 1.66 bits per heavy atom. The van der Waals surface area contributed by atoms with Crippen molar-refractivity contribution < 1.29 is 65.3 Å². The number of nitrogens with two attached hydrogens (primary N) is 1. The van der Waals surface area contributed by atoms with Crippen LogP contribution in [0.1, 0.15) is 93.6 Å². The Morgan fingerprint density at radius 2 is 1.18 bits per heavy atom. The van der Waals surface area contributed by atoms with Gasteiger partial charge in [0.25, 0.3) is 11.8 Å². The molecule has 0 unspecified atom stereocenters. The maximum absolute atomic E-state index is 14.8. The minimum atomic E-state index is -0.764. The van der Waals surface area contributed by atoms with Crippen molar-refractivity contribution >= 4 is 59.6 Å². The number of carbonyl (C=O) groups is 6. The zero-order chi connectivity index (χ0) is 52.5. The quantitative estimate of drug-likeness (QED) is 0.103. The number of anilines is 2. The lowest BCUT2D eigenvalue weighted by Crippen LogP contribution is -2.37. The third-order valence-corrected chi connectivity index (χ3v) is 12.7. The summed E-state index contributed by atoms with van der Waals surface area (Å²) in [5.74, 6) is -2.56. The second kappa shape index (κ2) is 24.8. The Balaban J connectivity index is 0.000000193. The molecule has 2 fully saturated rings. The number of nitrogens with one attached hydrogen (secondary N) is 3. The fourth-order valence-corrected chi connectivity index (χ4v) is 8.41. The van der Waals surface area contributed by atoms with Gasteiger partial charge in [-0.05, 0) is 98.5 Å². The molecular weight excluding hydrogens is 996 g/mol. The van der Waals surface area contributed by atoms with E-state index >= 15 is 0 Å². The molecule has 4 aromatic carbocycles. The van der Waals surface area contributed by atoms with E-state index in [9.17, 15) is 46.3 Å². The first-order valence-corrected chi connectivity index (χ1v) is 23.3. The molecule has 23 heteroatoms. The highest BCUT2D eigenvalue weighted by atomic mass is 35.5. The normalized spacial score (nSPS) is 18.3. The van der Waals surface area contributed by atoms with Gasteiger partial charge in [0.1, 0.15) is 54.3 Å². The number of hydrogen-bond acceptors (Lipinski definition) is 12. The van der Waals surface area contributed by atoms with Crippen molar-refractivity contribution in [3.63, 3.8) is 0 Å². The highest BCUT2D eigenvalue weighted by molar-refractivity contribution is 6.07. The Bertz CT molecular complexity index is 2900. The van der Waals surface area contributed by atoms with Crippen LogP contribution in [0.25, 0.3) is 0 Å². The minimum absolute atomic E-state index is 0. The number of carbonyl (C=O) groups excluding carboxylic acids is 6. The van der Waals surface area contributed by atoms with E-state index in [1.807, 2.05) is 0 Å². The third-order valence-electron chi connectivity index (χ3n) is 12.7. The van der Waals surface area contributed by atoms with Gasteiger partial charge in [-0.15, -0.1) is 12.4 Å². The Hall–Kier alpha value is -7.72. The van der Waals surface area contributed by atoms with Crippen LogP contribution in [0.3, 0.4) is 0 Å². The molecule has 0 spiro atoms. The molecule has 18 nitrogen and oxygen atoms in total. The fraction of sp³-hybridized carbons (Fsp3) is 0.353. The second-order valence-corrected chi connectivity index (χ2v) is 17.6. The maximum atomic E-state index is 14.8. The molecule has 9 rings (SSSR count). The summed E-state index contributed by atoms with van der Waals surface area (Å²) < 4.78 is 78.2. The number of benzene rings is 4. The van der Waals surface area contributed by atoms with Gasteiger partial charge < -0.3 is 50.4 Å². The second-order valence-electron chi connectivity index (χ2n) is 17.6. The van der Waals surface area contributed by atoms with Crippen molar-refractivity contribution in [2.24, 2.45) is 5.73 Å². The van der Waals surface area contributed by atoms with Gasteiger partial charge in [0, 0.05) is 75.2 Å². The van der Waals surface area contributed by atoms with Crippen LogP contribution in [0.15, 0.2) is 79.4 Å². The summed E-state index contributed by atoms with van der Waals surface area (Å²) in [5.41, 5.74) is 8.10. The molecule has 394 valence electrons. The molecule has 0 saturated carbocycles. The molecule has 0 bridgehead atoms. The van der Waals surface area contributed by atoms with Gasteiger partial charge in [-0.2, -0.15) is 0 Å². The molecule has 1 aromatic heterocycles. The molecule has 5 aromatic rings. The van der Waals surface area contributed by atoms with Crippen molar-refractivity contribution in [1.82, 2.24) is 24.7 Å². The zero-order valence-electron chi connectivity index (χ0n) is 40.8. The van der Waals surface area contributed by atoms with E-state index in [0.717, 1.165) is 12.5 Å². The van der Waals surface area contributed by atoms with Crippen molar-refractivity contribution in [3.05, 3.63) is 136 Å². The largest absolute Gasteiger partial charge is 0.492 e. The molecule has 4 aliphatic rings. The number of imidazole rings is 1. The summed E-state index contributed by atoms with van der Waals surface area (Å²) in [5, 5.41) is 7.96. The van der Waals surface area contributed by atoms with E-state index in [1.165, 1.54) is 77.9 Å². The van der Waals surface area contributed by atoms with Crippen molar-refractivity contribution in [2.75, 3.05) is 51.2 Å². The average Bonchev–Trinajstić information content (AvgIpc) is 4.11. The van der Waals surface area contributed by atoms with E-state index in [4.69, 9.17) is 24.7 Å². The number of ether oxygens (including phenoxy) is 4. The summed E-state index contributed by atoms with van der Waals surface area (Å²) in [6.45, 7) is 3.93. The number of alkyl carbamates (subject to hydrolysis) is 1. The van der Waals surface area contributed by atoms with Crippen LogP contribution in [-0.4, -0.2) is 108 Å². The van der Waals surface area contributed by atoms with Gasteiger partial charge in [0.2, 0.25) is 11.8 Å². The van der Waals surface area contributed by atoms with E-state index in [-0.39, 0.29) is 102 Å². The number of hydrogen-bond donors (Lipinski definition) is 4. The van der Waals surface area contributed by atoms with Crippen LogP contribution < -0.4 is 31.2 Å². The lowest BCUT2D eigenvalue weighted by atomic mass is 9.96. The van der Waals surface area contributed by atoms with Crippen molar-refractivity contribution in [3.8, 4) is 11.5 Å². The average molecular weight is 1050 g/mol. The smallest absolute Gasteiger partial charge is 0.419 e. The van der Waals surface area contributed by atoms with Gasteiger partial charge >= 0.3 is 12.2 Å². The number of halogens is 5. The number of fused-ring (bicyclic) bond motifs is 2. The van der Waals surface area contributed by atoms with Crippen LogP contribution in [0.2, 0.25) is 0 Å².